The summed E-state index contributed by atoms with van der Waals surface area (Å²) in [6.45, 7) is 5.93. The molecule has 0 spiro atoms. The average Bonchev–Trinajstić information content (AvgIpc) is 2.65. The van der Waals surface area contributed by atoms with E-state index in [1.54, 1.807) is 0 Å². The van der Waals surface area contributed by atoms with Crippen molar-refractivity contribution in [2.75, 3.05) is 13.7 Å². The molecule has 0 fully saturated rings. The van der Waals surface area contributed by atoms with Crippen LogP contribution in [-0.2, 0) is 0 Å². The Kier molecular flexibility index (Phi) is 7.38. The Morgan fingerprint density at radius 3 is 2.55 bits per heavy atom. The summed E-state index contributed by atoms with van der Waals surface area (Å²) in [6.07, 6.45) is -1.60. The molecule has 10 heteroatoms. The molecule has 0 saturated carbocycles. The van der Waals surface area contributed by atoms with E-state index in [0.717, 1.165) is 0 Å². The minimum atomic E-state index is -2.86. The number of nitrogens with zero attached hydrogens (tertiary/aromatic N) is 3. The highest BCUT2D eigenvalue weighted by molar-refractivity contribution is 5.69. The van der Waals surface area contributed by atoms with Gasteiger partial charge in [0.25, 0.3) is 6.43 Å². The van der Waals surface area contributed by atoms with Gasteiger partial charge in [0.05, 0.1) is 11.4 Å². The number of nitrogens with two attached hydrogens (primary N) is 1. The number of carbonyl (C=O) groups is 1. The Balaban J connectivity index is 2.26. The summed E-state index contributed by atoms with van der Waals surface area (Å²) in [5.74, 6) is 0.299. The van der Waals surface area contributed by atoms with Gasteiger partial charge in [-0.25, -0.2) is 23.5 Å². The van der Waals surface area contributed by atoms with Gasteiger partial charge >= 0.3 is 12.1 Å². The number of halogens is 2. The molecule has 2 heterocycles. The number of alkyl halides is 2. The molecule has 2 aromatic rings. The van der Waals surface area contributed by atoms with Crippen LogP contribution in [-0.4, -0.2) is 40.2 Å². The van der Waals surface area contributed by atoms with E-state index in [1.807, 2.05) is 20.8 Å². The topological polar surface area (TPSA) is 112 Å². The van der Waals surface area contributed by atoms with Gasteiger partial charge in [-0.15, -0.1) is 0 Å². The maximum atomic E-state index is 13.6. The third-order valence-corrected chi connectivity index (χ3v) is 3.81. The molecule has 0 aliphatic heterocycles. The van der Waals surface area contributed by atoms with Gasteiger partial charge in [0.1, 0.15) is 18.1 Å². The van der Waals surface area contributed by atoms with Gasteiger partial charge < -0.3 is 20.5 Å². The number of hydrogen-bond acceptors (Lipinski definition) is 7. The highest BCUT2D eigenvalue weighted by atomic mass is 19.3. The first-order valence-corrected chi connectivity index (χ1v) is 9.05. The summed E-state index contributed by atoms with van der Waals surface area (Å²) in [5, 5.41) is 2.26. The first-order chi connectivity index (χ1) is 13.6. The fraction of sp³-hybridized carbons (Fsp3) is 0.474. The van der Waals surface area contributed by atoms with Gasteiger partial charge in [-0.2, -0.15) is 4.98 Å². The summed E-state index contributed by atoms with van der Waals surface area (Å²) in [7, 11) is 1.38. The number of aromatic nitrogens is 3. The summed E-state index contributed by atoms with van der Waals surface area (Å²) in [4.78, 5) is 23.1. The Morgan fingerprint density at radius 1 is 1.24 bits per heavy atom. The van der Waals surface area contributed by atoms with Crippen molar-refractivity contribution >= 4 is 6.09 Å². The van der Waals surface area contributed by atoms with Crippen molar-refractivity contribution in [3.05, 3.63) is 30.1 Å². The fourth-order valence-corrected chi connectivity index (χ4v) is 2.78. The summed E-state index contributed by atoms with van der Waals surface area (Å²) >= 11 is 0. The SMILES string of the molecule is CNC(=O)Oc1nccc(-c2ccc(OC[C@@](C)(N)CC(C)C)c(C(F)F)n2)n1. The molecule has 0 saturated heterocycles. The molecule has 0 bridgehead atoms. The Labute approximate surface area is 167 Å². The molecule has 158 valence electrons. The van der Waals surface area contributed by atoms with Gasteiger partial charge in [0.15, 0.2) is 0 Å². The second kappa shape index (κ2) is 9.55. The number of ether oxygens (including phenoxy) is 2. The molecule has 2 aromatic heterocycles. The fourth-order valence-electron chi connectivity index (χ4n) is 2.78. The number of pyridine rings is 1. The summed E-state index contributed by atoms with van der Waals surface area (Å²) < 4.78 is 37.5. The zero-order valence-electron chi connectivity index (χ0n) is 16.8. The summed E-state index contributed by atoms with van der Waals surface area (Å²) in [5.41, 5.74) is 5.38. The Bertz CT molecular complexity index is 846. The number of nitrogens with one attached hydrogen (secondary N) is 1. The summed E-state index contributed by atoms with van der Waals surface area (Å²) in [6, 6.07) is 4.13. The van der Waals surface area contributed by atoms with Crippen molar-refractivity contribution < 1.29 is 23.0 Å². The second-order valence-electron chi connectivity index (χ2n) is 7.29. The van der Waals surface area contributed by atoms with Crippen LogP contribution in [0.3, 0.4) is 0 Å². The van der Waals surface area contributed by atoms with Gasteiger partial charge in [0.2, 0.25) is 0 Å². The van der Waals surface area contributed by atoms with Gasteiger partial charge in [-0.3, -0.25) is 0 Å². The predicted octanol–water partition coefficient (Wildman–Crippen LogP) is 3.34. The van der Waals surface area contributed by atoms with E-state index >= 15 is 0 Å². The van der Waals surface area contributed by atoms with E-state index in [0.29, 0.717) is 12.3 Å². The Morgan fingerprint density at radius 2 is 1.93 bits per heavy atom. The highest BCUT2D eigenvalue weighted by Gasteiger charge is 2.24. The van der Waals surface area contributed by atoms with Crippen LogP contribution in [0.25, 0.3) is 11.4 Å². The molecule has 0 aliphatic rings. The smallest absolute Gasteiger partial charge is 0.414 e. The minimum Gasteiger partial charge on any atom is -0.490 e. The monoisotopic (exact) mass is 409 g/mol. The van der Waals surface area contributed by atoms with Crippen molar-refractivity contribution in [1.82, 2.24) is 20.3 Å². The van der Waals surface area contributed by atoms with E-state index in [9.17, 15) is 13.6 Å². The van der Waals surface area contributed by atoms with E-state index in [2.05, 4.69) is 20.3 Å². The number of rotatable bonds is 8. The number of hydrogen-bond donors (Lipinski definition) is 2. The molecule has 0 aromatic carbocycles. The molecule has 1 amide bonds. The van der Waals surface area contributed by atoms with Crippen LogP contribution in [0.15, 0.2) is 24.4 Å². The van der Waals surface area contributed by atoms with E-state index in [4.69, 9.17) is 15.2 Å². The molecule has 0 aliphatic carbocycles. The van der Waals surface area contributed by atoms with Crippen molar-refractivity contribution in [2.24, 2.45) is 11.7 Å². The number of amides is 1. The second-order valence-corrected chi connectivity index (χ2v) is 7.29. The largest absolute Gasteiger partial charge is 0.490 e. The van der Waals surface area contributed by atoms with Crippen LogP contribution in [0.2, 0.25) is 0 Å². The molecule has 3 N–H and O–H groups in total. The average molecular weight is 409 g/mol. The van der Waals surface area contributed by atoms with E-state index in [-0.39, 0.29) is 29.8 Å². The molecular formula is C19H25F2N5O3. The molecule has 1 atom stereocenters. The van der Waals surface area contributed by atoms with Gasteiger partial charge in [-0.1, -0.05) is 13.8 Å². The highest BCUT2D eigenvalue weighted by Crippen LogP contribution is 2.31. The lowest BCUT2D eigenvalue weighted by molar-refractivity contribution is 0.134. The van der Waals surface area contributed by atoms with Crippen LogP contribution in [0.4, 0.5) is 13.6 Å². The lowest BCUT2D eigenvalue weighted by Crippen LogP contribution is -2.43. The van der Waals surface area contributed by atoms with Crippen molar-refractivity contribution in [2.45, 2.75) is 39.2 Å². The molecule has 2 rings (SSSR count). The van der Waals surface area contributed by atoms with E-state index in [1.165, 1.54) is 31.4 Å². The lowest BCUT2D eigenvalue weighted by Gasteiger charge is -2.27. The van der Waals surface area contributed by atoms with Crippen LogP contribution < -0.4 is 20.5 Å². The van der Waals surface area contributed by atoms with Crippen LogP contribution in [0.5, 0.6) is 11.8 Å². The minimum absolute atomic E-state index is 0.0416. The maximum Gasteiger partial charge on any atom is 0.414 e. The van der Waals surface area contributed by atoms with Gasteiger partial charge in [-0.05, 0) is 37.5 Å². The zero-order chi connectivity index (χ0) is 21.6. The third-order valence-electron chi connectivity index (χ3n) is 3.81. The first-order valence-electron chi connectivity index (χ1n) is 9.05. The molecule has 29 heavy (non-hydrogen) atoms. The van der Waals surface area contributed by atoms with Gasteiger partial charge in [0, 0.05) is 18.8 Å². The van der Waals surface area contributed by atoms with E-state index < -0.39 is 23.8 Å². The Hall–Kier alpha value is -2.88. The van der Waals surface area contributed by atoms with Crippen molar-refractivity contribution in [1.29, 1.82) is 0 Å². The quantitative estimate of drug-likeness (QED) is 0.688. The standard InChI is InChI=1S/C19H25F2N5O3/c1-11(2)9-19(3,22)10-28-14-6-5-12(25-15(14)16(20)21)13-7-8-24-17(26-13)29-18(27)23-4/h5-8,11,16H,9-10,22H2,1-4H3,(H,23,27)/t19-/m0/s1. The number of carbonyl (C=O) groups excluding carboxylic acids is 1. The zero-order valence-corrected chi connectivity index (χ0v) is 16.8. The van der Waals surface area contributed by atoms with Crippen molar-refractivity contribution in [3.8, 4) is 23.1 Å². The first kappa shape index (κ1) is 22.4. The predicted molar refractivity (Wildman–Crippen MR) is 103 cm³/mol. The molecule has 8 nitrogen and oxygen atoms in total. The lowest BCUT2D eigenvalue weighted by atomic mass is 9.93. The molecule has 0 unspecified atom stereocenters. The third kappa shape index (κ3) is 6.60. The normalized spacial score (nSPS) is 13.3. The van der Waals surface area contributed by atoms with Crippen molar-refractivity contribution in [3.63, 3.8) is 0 Å². The van der Waals surface area contributed by atoms with Crippen LogP contribution in [0.1, 0.15) is 39.3 Å². The van der Waals surface area contributed by atoms with Crippen LogP contribution >= 0.6 is 0 Å². The molecule has 0 radical (unpaired) electrons. The maximum absolute atomic E-state index is 13.6. The van der Waals surface area contributed by atoms with Crippen LogP contribution in [0, 0.1) is 5.92 Å². The molecular weight excluding hydrogens is 384 g/mol.